The highest BCUT2D eigenvalue weighted by Gasteiger charge is 2.14. The minimum Gasteiger partial charge on any atom is -0.461 e. The summed E-state index contributed by atoms with van der Waals surface area (Å²) in [4.78, 5) is 0. The predicted molar refractivity (Wildman–Crippen MR) is 77.4 cm³/mol. The summed E-state index contributed by atoms with van der Waals surface area (Å²) in [6.45, 7) is 6.15. The lowest BCUT2D eigenvalue weighted by atomic mass is 9.91. The second kappa shape index (κ2) is 4.34. The summed E-state index contributed by atoms with van der Waals surface area (Å²) in [6, 6.07) is 6.32. The van der Waals surface area contributed by atoms with Gasteiger partial charge in [0.2, 0.25) is 0 Å². The lowest BCUT2D eigenvalue weighted by Crippen LogP contribution is -1.92. The quantitative estimate of drug-likeness (QED) is 0.670. The molecule has 1 aliphatic rings. The summed E-state index contributed by atoms with van der Waals surface area (Å²) in [5.41, 5.74) is 4.65. The summed E-state index contributed by atoms with van der Waals surface area (Å²) >= 11 is 0. The number of furan rings is 1. The molecule has 0 unspecified atom stereocenters. The number of rotatable bonds is 2. The van der Waals surface area contributed by atoms with Crippen LogP contribution in [0.4, 0.5) is 0 Å². The molecule has 0 atom stereocenters. The van der Waals surface area contributed by atoms with Gasteiger partial charge < -0.3 is 4.42 Å². The highest BCUT2D eigenvalue weighted by atomic mass is 16.3. The molecule has 18 heavy (non-hydrogen) atoms. The number of allylic oxidation sites excluding steroid dienone is 4. The van der Waals surface area contributed by atoms with E-state index in [0.29, 0.717) is 0 Å². The van der Waals surface area contributed by atoms with Gasteiger partial charge in [-0.2, -0.15) is 0 Å². The fourth-order valence-electron chi connectivity index (χ4n) is 2.44. The molecule has 1 aromatic carbocycles. The summed E-state index contributed by atoms with van der Waals surface area (Å²) < 4.78 is 5.86. The average Bonchev–Trinajstić information content (AvgIpc) is 2.80. The molecule has 1 nitrogen and oxygen atoms in total. The topological polar surface area (TPSA) is 13.1 Å². The Hall–Kier alpha value is -2.02. The number of hydrogen-bond donors (Lipinski definition) is 0. The van der Waals surface area contributed by atoms with Gasteiger partial charge in [0.15, 0.2) is 0 Å². The molecule has 1 heteroatoms. The predicted octanol–water partition coefficient (Wildman–Crippen LogP) is 4.98. The molecule has 0 saturated heterocycles. The van der Waals surface area contributed by atoms with Crippen LogP contribution in [0.5, 0.6) is 0 Å². The maximum absolute atomic E-state index is 5.86. The Labute approximate surface area is 107 Å². The molecule has 0 bridgehead atoms. The summed E-state index contributed by atoms with van der Waals surface area (Å²) in [7, 11) is 0. The summed E-state index contributed by atoms with van der Waals surface area (Å²) in [6.07, 6.45) is 10.3. The minimum absolute atomic E-state index is 0.852. The van der Waals surface area contributed by atoms with Crippen LogP contribution in [-0.2, 0) is 6.42 Å². The fraction of sp³-hybridized carbons (Fsp3) is 0.176. The molecule has 3 rings (SSSR count). The van der Waals surface area contributed by atoms with Gasteiger partial charge in [0.05, 0.1) is 0 Å². The van der Waals surface area contributed by atoms with Crippen LogP contribution in [0.3, 0.4) is 0 Å². The zero-order valence-electron chi connectivity index (χ0n) is 10.6. The van der Waals surface area contributed by atoms with Gasteiger partial charge in [-0.05, 0) is 42.2 Å². The number of hydrogen-bond acceptors (Lipinski definition) is 1. The normalized spacial score (nSPS) is 14.6. The highest BCUT2D eigenvalue weighted by Crippen LogP contribution is 2.34. The zero-order valence-corrected chi connectivity index (χ0v) is 10.6. The summed E-state index contributed by atoms with van der Waals surface area (Å²) in [5.74, 6) is 1.01. The fourth-order valence-corrected chi connectivity index (χ4v) is 2.44. The van der Waals surface area contributed by atoms with Gasteiger partial charge in [-0.1, -0.05) is 36.9 Å². The van der Waals surface area contributed by atoms with Crippen molar-refractivity contribution >= 4 is 22.6 Å². The Morgan fingerprint density at radius 2 is 2.28 bits per heavy atom. The molecule has 0 radical (unpaired) electrons. The van der Waals surface area contributed by atoms with Crippen LogP contribution in [0.1, 0.15) is 30.2 Å². The van der Waals surface area contributed by atoms with Gasteiger partial charge in [-0.3, -0.25) is 0 Å². The minimum atomic E-state index is 0.852. The van der Waals surface area contributed by atoms with Crippen LogP contribution < -0.4 is 0 Å². The first kappa shape index (κ1) is 11.1. The Morgan fingerprint density at radius 3 is 3.11 bits per heavy atom. The molecular weight excluding hydrogens is 220 g/mol. The van der Waals surface area contributed by atoms with E-state index in [1.165, 1.54) is 22.1 Å². The maximum atomic E-state index is 5.86. The Bertz CT molecular complexity index is 668. The molecule has 1 aromatic heterocycles. The largest absolute Gasteiger partial charge is 0.461 e. The Kier molecular flexibility index (Phi) is 2.67. The third-order valence-corrected chi connectivity index (χ3v) is 3.38. The second-order valence-electron chi connectivity index (χ2n) is 4.63. The zero-order chi connectivity index (χ0) is 12.5. The van der Waals surface area contributed by atoms with Crippen LogP contribution in [0, 0.1) is 0 Å². The summed E-state index contributed by atoms with van der Waals surface area (Å²) in [5, 5.41) is 1.20. The van der Waals surface area contributed by atoms with Gasteiger partial charge in [-0.15, -0.1) is 0 Å². The third-order valence-electron chi connectivity index (χ3n) is 3.38. The van der Waals surface area contributed by atoms with Crippen LogP contribution >= 0.6 is 0 Å². The second-order valence-corrected chi connectivity index (χ2v) is 4.63. The van der Waals surface area contributed by atoms with E-state index in [1.54, 1.807) is 0 Å². The molecule has 2 aromatic rings. The molecule has 90 valence electrons. The van der Waals surface area contributed by atoms with E-state index in [-0.39, 0.29) is 0 Å². The van der Waals surface area contributed by atoms with Crippen molar-refractivity contribution in [3.63, 3.8) is 0 Å². The van der Waals surface area contributed by atoms with E-state index < -0.39 is 0 Å². The highest BCUT2D eigenvalue weighted by molar-refractivity contribution is 5.95. The van der Waals surface area contributed by atoms with Crippen molar-refractivity contribution in [3.05, 3.63) is 59.9 Å². The average molecular weight is 236 g/mol. The Balaban J connectivity index is 2.17. The van der Waals surface area contributed by atoms with E-state index in [9.17, 15) is 0 Å². The van der Waals surface area contributed by atoms with Crippen molar-refractivity contribution < 1.29 is 4.42 Å². The molecule has 1 aliphatic carbocycles. The van der Waals surface area contributed by atoms with Crippen molar-refractivity contribution in [1.82, 2.24) is 0 Å². The lowest BCUT2D eigenvalue weighted by molar-refractivity contribution is 0.565. The maximum Gasteiger partial charge on any atom is 0.134 e. The Morgan fingerprint density at radius 1 is 1.39 bits per heavy atom. The third kappa shape index (κ3) is 1.72. The molecule has 0 N–H and O–H groups in total. The number of fused-ring (bicyclic) bond motifs is 3. The monoisotopic (exact) mass is 236 g/mol. The van der Waals surface area contributed by atoms with E-state index >= 15 is 0 Å². The van der Waals surface area contributed by atoms with Gasteiger partial charge in [0.1, 0.15) is 11.3 Å². The molecule has 0 amide bonds. The van der Waals surface area contributed by atoms with E-state index in [2.05, 4.69) is 43.0 Å². The first-order chi connectivity index (χ1) is 8.79. The SMILES string of the molecule is C=C1CC=Cc2c1ccc1oc(C/C=C/C)cc21. The van der Waals surface area contributed by atoms with Gasteiger partial charge >= 0.3 is 0 Å². The van der Waals surface area contributed by atoms with Crippen LogP contribution in [-0.4, -0.2) is 0 Å². The standard InChI is InChI=1S/C17H16O/c1-3-4-7-13-11-16-15-8-5-6-12(2)14(15)9-10-17(16)18-13/h3-5,8-11H,2,6-7H2,1H3/b4-3+. The van der Waals surface area contributed by atoms with Crippen LogP contribution in [0.2, 0.25) is 0 Å². The van der Waals surface area contributed by atoms with Gasteiger partial charge in [-0.25, -0.2) is 0 Å². The smallest absolute Gasteiger partial charge is 0.134 e. The van der Waals surface area contributed by atoms with Crippen molar-refractivity contribution in [2.45, 2.75) is 19.8 Å². The van der Waals surface area contributed by atoms with Crippen molar-refractivity contribution in [1.29, 1.82) is 0 Å². The number of benzene rings is 1. The lowest BCUT2D eigenvalue weighted by Gasteiger charge is -2.13. The van der Waals surface area contributed by atoms with E-state index in [4.69, 9.17) is 4.42 Å². The molecule has 1 heterocycles. The molecular formula is C17H16O. The van der Waals surface area contributed by atoms with E-state index in [1.807, 2.05) is 13.0 Å². The van der Waals surface area contributed by atoms with Crippen molar-refractivity contribution in [3.8, 4) is 0 Å². The van der Waals surface area contributed by atoms with Crippen LogP contribution in [0.15, 0.2) is 47.4 Å². The van der Waals surface area contributed by atoms with Crippen molar-refractivity contribution in [2.24, 2.45) is 0 Å². The van der Waals surface area contributed by atoms with Crippen molar-refractivity contribution in [2.75, 3.05) is 0 Å². The molecule has 0 aliphatic heterocycles. The molecule has 0 fully saturated rings. The van der Waals surface area contributed by atoms with Crippen LogP contribution in [0.25, 0.3) is 22.6 Å². The first-order valence-corrected chi connectivity index (χ1v) is 6.31. The van der Waals surface area contributed by atoms with Gasteiger partial charge in [0, 0.05) is 11.8 Å². The first-order valence-electron chi connectivity index (χ1n) is 6.31. The molecule has 0 saturated carbocycles. The van der Waals surface area contributed by atoms with E-state index in [0.717, 1.165) is 24.2 Å². The van der Waals surface area contributed by atoms with Gasteiger partial charge in [0.25, 0.3) is 0 Å². The molecule has 0 spiro atoms.